The molecule has 2 aromatic rings. The lowest BCUT2D eigenvalue weighted by Crippen LogP contribution is -2.38. The van der Waals surface area contributed by atoms with Crippen LogP contribution in [0.1, 0.15) is 23.7 Å². The highest BCUT2D eigenvalue weighted by Gasteiger charge is 2.28. The second kappa shape index (κ2) is 8.95. The highest BCUT2D eigenvalue weighted by Crippen LogP contribution is 2.17. The van der Waals surface area contributed by atoms with E-state index in [9.17, 15) is 22.8 Å². The van der Waals surface area contributed by atoms with Crippen LogP contribution in [0.3, 0.4) is 0 Å². The van der Waals surface area contributed by atoms with Gasteiger partial charge in [-0.2, -0.15) is 0 Å². The fraction of sp³-hybridized carbons (Fsp3) is 0.250. The Morgan fingerprint density at radius 3 is 2.17 bits per heavy atom. The van der Waals surface area contributed by atoms with Crippen LogP contribution in [0.2, 0.25) is 0 Å². The molecule has 4 N–H and O–H groups in total. The molecule has 10 heteroatoms. The quantitative estimate of drug-likeness (QED) is 0.577. The Kier molecular flexibility index (Phi) is 6.36. The van der Waals surface area contributed by atoms with E-state index in [2.05, 4.69) is 21.3 Å². The van der Waals surface area contributed by atoms with Crippen molar-refractivity contribution in [2.24, 2.45) is 0 Å². The summed E-state index contributed by atoms with van der Waals surface area (Å²) >= 11 is 0. The summed E-state index contributed by atoms with van der Waals surface area (Å²) in [5.41, 5.74) is 1.91. The van der Waals surface area contributed by atoms with Gasteiger partial charge in [0, 0.05) is 35.6 Å². The molecule has 1 aliphatic rings. The number of sulfone groups is 1. The Labute approximate surface area is 174 Å². The maximum Gasteiger partial charge on any atom is 0.319 e. The molecule has 3 rings (SSSR count). The van der Waals surface area contributed by atoms with Crippen molar-refractivity contribution in [3.63, 3.8) is 0 Å². The summed E-state index contributed by atoms with van der Waals surface area (Å²) in [6.45, 7) is 1.41. The topological polar surface area (TPSA) is 133 Å². The SMILES string of the molecule is CC(=O)Nc1ccc(NC(=O)c2cccc(NC(=O)NC3CCS(=O)(=O)C3)c2)cc1. The first-order chi connectivity index (χ1) is 14.2. The molecule has 0 radical (unpaired) electrons. The van der Waals surface area contributed by atoms with Gasteiger partial charge in [-0.25, -0.2) is 13.2 Å². The summed E-state index contributed by atoms with van der Waals surface area (Å²) < 4.78 is 23.0. The van der Waals surface area contributed by atoms with E-state index in [-0.39, 0.29) is 23.3 Å². The van der Waals surface area contributed by atoms with Gasteiger partial charge in [-0.15, -0.1) is 0 Å². The van der Waals surface area contributed by atoms with Gasteiger partial charge in [0.15, 0.2) is 9.84 Å². The molecule has 1 atom stereocenters. The highest BCUT2D eigenvalue weighted by atomic mass is 32.2. The van der Waals surface area contributed by atoms with E-state index in [4.69, 9.17) is 0 Å². The van der Waals surface area contributed by atoms with Crippen molar-refractivity contribution >= 4 is 44.7 Å². The molecule has 0 aromatic heterocycles. The Bertz CT molecular complexity index is 1070. The van der Waals surface area contributed by atoms with Gasteiger partial charge < -0.3 is 21.3 Å². The molecule has 9 nitrogen and oxygen atoms in total. The van der Waals surface area contributed by atoms with E-state index in [0.717, 1.165) is 0 Å². The van der Waals surface area contributed by atoms with Gasteiger partial charge in [0.25, 0.3) is 5.91 Å². The maximum atomic E-state index is 12.5. The summed E-state index contributed by atoms with van der Waals surface area (Å²) in [7, 11) is -3.09. The van der Waals surface area contributed by atoms with Gasteiger partial charge in [0.05, 0.1) is 11.5 Å². The fourth-order valence-electron chi connectivity index (χ4n) is 3.04. The van der Waals surface area contributed by atoms with Crippen LogP contribution in [0.15, 0.2) is 48.5 Å². The molecular weight excluding hydrogens is 408 g/mol. The fourth-order valence-corrected chi connectivity index (χ4v) is 4.72. The normalized spacial score (nSPS) is 17.0. The first-order valence-electron chi connectivity index (χ1n) is 9.27. The maximum absolute atomic E-state index is 12.5. The standard InChI is InChI=1S/C20H22N4O5S/c1-13(25)21-15-5-7-16(8-6-15)22-19(26)14-3-2-4-17(11-14)23-20(27)24-18-9-10-30(28,29)12-18/h2-8,11,18H,9-10,12H2,1H3,(H,21,25)(H,22,26)(H2,23,24,27). The zero-order valence-electron chi connectivity index (χ0n) is 16.3. The van der Waals surface area contributed by atoms with Gasteiger partial charge in [-0.1, -0.05) is 6.07 Å². The predicted molar refractivity (Wildman–Crippen MR) is 114 cm³/mol. The first kappa shape index (κ1) is 21.3. The predicted octanol–water partition coefficient (Wildman–Crippen LogP) is 2.21. The van der Waals surface area contributed by atoms with Crippen molar-refractivity contribution in [2.75, 3.05) is 27.5 Å². The zero-order valence-corrected chi connectivity index (χ0v) is 17.1. The van der Waals surface area contributed by atoms with Crippen molar-refractivity contribution in [2.45, 2.75) is 19.4 Å². The van der Waals surface area contributed by atoms with E-state index in [1.54, 1.807) is 42.5 Å². The lowest BCUT2D eigenvalue weighted by molar-refractivity contribution is -0.114. The van der Waals surface area contributed by atoms with Crippen LogP contribution in [0, 0.1) is 0 Å². The van der Waals surface area contributed by atoms with Crippen molar-refractivity contribution in [1.82, 2.24) is 5.32 Å². The van der Waals surface area contributed by atoms with Crippen LogP contribution in [-0.4, -0.2) is 43.8 Å². The molecule has 158 valence electrons. The number of rotatable bonds is 5. The number of carbonyl (C=O) groups is 3. The number of hydrogen-bond acceptors (Lipinski definition) is 5. The molecule has 1 aliphatic heterocycles. The zero-order chi connectivity index (χ0) is 21.7. The van der Waals surface area contributed by atoms with Gasteiger partial charge in [0.1, 0.15) is 0 Å². The van der Waals surface area contributed by atoms with E-state index in [0.29, 0.717) is 29.0 Å². The van der Waals surface area contributed by atoms with Crippen LogP contribution in [0.25, 0.3) is 0 Å². The van der Waals surface area contributed by atoms with E-state index in [1.807, 2.05) is 0 Å². The van der Waals surface area contributed by atoms with Crippen LogP contribution in [-0.2, 0) is 14.6 Å². The molecule has 0 bridgehead atoms. The second-order valence-electron chi connectivity index (χ2n) is 6.99. The number of amides is 4. The lowest BCUT2D eigenvalue weighted by atomic mass is 10.1. The molecule has 1 fully saturated rings. The molecule has 30 heavy (non-hydrogen) atoms. The van der Waals surface area contributed by atoms with Gasteiger partial charge in [-0.05, 0) is 48.9 Å². The number of carbonyl (C=O) groups excluding carboxylic acids is 3. The van der Waals surface area contributed by atoms with Crippen molar-refractivity contribution < 1.29 is 22.8 Å². The molecular formula is C20H22N4O5S. The summed E-state index contributed by atoms with van der Waals surface area (Å²) in [4.78, 5) is 35.7. The smallest absolute Gasteiger partial charge is 0.319 e. The van der Waals surface area contributed by atoms with Crippen molar-refractivity contribution in [1.29, 1.82) is 0 Å². The van der Waals surface area contributed by atoms with Gasteiger partial charge in [0.2, 0.25) is 5.91 Å². The minimum absolute atomic E-state index is 0.0659. The Balaban J connectivity index is 1.58. The monoisotopic (exact) mass is 430 g/mol. The molecule has 4 amide bonds. The molecule has 1 heterocycles. The Morgan fingerprint density at radius 1 is 0.900 bits per heavy atom. The summed E-state index contributed by atoms with van der Waals surface area (Å²) in [6, 6.07) is 12.1. The number of anilines is 3. The summed E-state index contributed by atoms with van der Waals surface area (Å²) in [6.07, 6.45) is 0.388. The molecule has 1 saturated heterocycles. The summed E-state index contributed by atoms with van der Waals surface area (Å²) in [5.74, 6) is -0.550. The second-order valence-corrected chi connectivity index (χ2v) is 9.22. The number of nitrogens with one attached hydrogen (secondary N) is 4. The number of hydrogen-bond donors (Lipinski definition) is 4. The number of urea groups is 1. The van der Waals surface area contributed by atoms with Crippen LogP contribution < -0.4 is 21.3 Å². The van der Waals surface area contributed by atoms with E-state index < -0.39 is 21.9 Å². The van der Waals surface area contributed by atoms with E-state index >= 15 is 0 Å². The molecule has 1 unspecified atom stereocenters. The van der Waals surface area contributed by atoms with Crippen LogP contribution >= 0.6 is 0 Å². The van der Waals surface area contributed by atoms with Crippen LogP contribution in [0.4, 0.5) is 21.9 Å². The third kappa shape index (κ3) is 6.05. The van der Waals surface area contributed by atoms with Crippen LogP contribution in [0.5, 0.6) is 0 Å². The summed E-state index contributed by atoms with van der Waals surface area (Å²) in [5, 5.41) is 10.6. The minimum Gasteiger partial charge on any atom is -0.334 e. The first-order valence-corrected chi connectivity index (χ1v) is 11.1. The van der Waals surface area contributed by atoms with Gasteiger partial charge >= 0.3 is 6.03 Å². The molecule has 0 spiro atoms. The van der Waals surface area contributed by atoms with Gasteiger partial charge in [-0.3, -0.25) is 9.59 Å². The minimum atomic E-state index is -3.09. The molecule has 0 aliphatic carbocycles. The van der Waals surface area contributed by atoms with Crippen molar-refractivity contribution in [3.8, 4) is 0 Å². The third-order valence-corrected chi connectivity index (χ3v) is 6.18. The average molecular weight is 430 g/mol. The average Bonchev–Trinajstić information content (AvgIpc) is 3.01. The molecule has 2 aromatic carbocycles. The van der Waals surface area contributed by atoms with E-state index in [1.165, 1.54) is 13.0 Å². The largest absolute Gasteiger partial charge is 0.334 e. The van der Waals surface area contributed by atoms with Crippen molar-refractivity contribution in [3.05, 3.63) is 54.1 Å². The highest BCUT2D eigenvalue weighted by molar-refractivity contribution is 7.91. The molecule has 0 saturated carbocycles. The Hall–Kier alpha value is -3.40. The lowest BCUT2D eigenvalue weighted by Gasteiger charge is -2.13. The number of benzene rings is 2. The Morgan fingerprint density at radius 2 is 1.57 bits per heavy atom. The third-order valence-electron chi connectivity index (χ3n) is 4.41.